The van der Waals surface area contributed by atoms with Crippen LogP contribution in [0.25, 0.3) is 5.69 Å². The number of amides is 2. The lowest BCUT2D eigenvalue weighted by Gasteiger charge is -2.26. The van der Waals surface area contributed by atoms with Crippen molar-refractivity contribution in [2.24, 2.45) is 0 Å². The monoisotopic (exact) mass is 387 g/mol. The zero-order chi connectivity index (χ0) is 20.1. The fourth-order valence-electron chi connectivity index (χ4n) is 3.64. The van der Waals surface area contributed by atoms with E-state index in [1.165, 1.54) is 6.42 Å². The number of benzene rings is 2. The van der Waals surface area contributed by atoms with Crippen LogP contribution in [-0.2, 0) is 6.54 Å². The molecule has 4 rings (SSSR count). The van der Waals surface area contributed by atoms with Gasteiger partial charge < -0.3 is 14.8 Å². The van der Waals surface area contributed by atoms with Gasteiger partial charge in [0, 0.05) is 48.8 Å². The summed E-state index contributed by atoms with van der Waals surface area (Å²) in [6.45, 7) is 2.11. The van der Waals surface area contributed by atoms with Gasteiger partial charge in [-0.2, -0.15) is 0 Å². The lowest BCUT2D eigenvalue weighted by Crippen LogP contribution is -2.35. The molecule has 1 aliphatic rings. The predicted molar refractivity (Wildman–Crippen MR) is 113 cm³/mol. The molecule has 2 amide bonds. The largest absolute Gasteiger partial charge is 0.348 e. The van der Waals surface area contributed by atoms with Gasteiger partial charge in [0.05, 0.1) is 0 Å². The third kappa shape index (κ3) is 4.57. The number of hydrogen-bond donors (Lipinski definition) is 1. The maximum absolute atomic E-state index is 12.5. The second-order valence-electron chi connectivity index (χ2n) is 7.37. The molecule has 0 saturated carbocycles. The van der Waals surface area contributed by atoms with Crippen molar-refractivity contribution in [2.45, 2.75) is 25.8 Å². The molecule has 5 heteroatoms. The maximum atomic E-state index is 12.5. The Bertz CT molecular complexity index is 972. The van der Waals surface area contributed by atoms with Gasteiger partial charge in [-0.3, -0.25) is 9.59 Å². The van der Waals surface area contributed by atoms with E-state index in [1.54, 1.807) is 0 Å². The van der Waals surface area contributed by atoms with E-state index in [2.05, 4.69) is 5.32 Å². The quantitative estimate of drug-likeness (QED) is 0.719. The number of piperidine rings is 1. The first kappa shape index (κ1) is 19.0. The first-order valence-corrected chi connectivity index (χ1v) is 10.1. The SMILES string of the molecule is O=C(NCc1ccc(C(=O)N2CCCCC2)cc1)c1cccc(-n2cccc2)c1. The van der Waals surface area contributed by atoms with Crippen molar-refractivity contribution in [2.75, 3.05) is 13.1 Å². The van der Waals surface area contributed by atoms with Crippen LogP contribution in [0.3, 0.4) is 0 Å². The van der Waals surface area contributed by atoms with Crippen LogP contribution in [0, 0.1) is 0 Å². The highest BCUT2D eigenvalue weighted by molar-refractivity contribution is 5.95. The lowest BCUT2D eigenvalue weighted by molar-refractivity contribution is 0.0724. The molecule has 148 valence electrons. The van der Waals surface area contributed by atoms with Crippen LogP contribution < -0.4 is 5.32 Å². The summed E-state index contributed by atoms with van der Waals surface area (Å²) in [5, 5.41) is 2.96. The minimum Gasteiger partial charge on any atom is -0.348 e. The standard InChI is InChI=1S/C24H25N3O2/c28-23(21-7-6-8-22(17-21)26-13-4-5-14-26)25-18-19-9-11-20(12-10-19)24(29)27-15-2-1-3-16-27/h4-14,17H,1-3,15-16,18H2,(H,25,28). The van der Waals surface area contributed by atoms with Crippen molar-refractivity contribution in [1.29, 1.82) is 0 Å². The van der Waals surface area contributed by atoms with Gasteiger partial charge in [-0.15, -0.1) is 0 Å². The Kier molecular flexibility index (Phi) is 5.75. The van der Waals surface area contributed by atoms with Gasteiger partial charge in [0.1, 0.15) is 0 Å². The fraction of sp³-hybridized carbons (Fsp3) is 0.250. The van der Waals surface area contributed by atoms with Gasteiger partial charge in [0.25, 0.3) is 11.8 Å². The number of likely N-dealkylation sites (tertiary alicyclic amines) is 1. The first-order valence-electron chi connectivity index (χ1n) is 10.1. The fourth-order valence-corrected chi connectivity index (χ4v) is 3.64. The highest BCUT2D eigenvalue weighted by Gasteiger charge is 2.17. The summed E-state index contributed by atoms with van der Waals surface area (Å²) in [5.74, 6) is -0.0189. The van der Waals surface area contributed by atoms with Gasteiger partial charge in [-0.1, -0.05) is 18.2 Å². The zero-order valence-electron chi connectivity index (χ0n) is 16.4. The van der Waals surface area contributed by atoms with E-state index in [4.69, 9.17) is 0 Å². The summed E-state index contributed by atoms with van der Waals surface area (Å²) in [6.07, 6.45) is 7.27. The topological polar surface area (TPSA) is 54.3 Å². The molecule has 5 nitrogen and oxygen atoms in total. The van der Waals surface area contributed by atoms with Crippen LogP contribution in [0.5, 0.6) is 0 Å². The molecule has 1 aliphatic heterocycles. The van der Waals surface area contributed by atoms with E-state index in [9.17, 15) is 9.59 Å². The molecule has 2 aromatic carbocycles. The third-order valence-electron chi connectivity index (χ3n) is 5.31. The third-order valence-corrected chi connectivity index (χ3v) is 5.31. The van der Waals surface area contributed by atoms with Crippen LogP contribution in [-0.4, -0.2) is 34.4 Å². The predicted octanol–water partition coefficient (Wildman–Crippen LogP) is 4.03. The molecule has 0 unspecified atom stereocenters. The Hall–Kier alpha value is -3.34. The van der Waals surface area contributed by atoms with Gasteiger partial charge >= 0.3 is 0 Å². The molecule has 1 saturated heterocycles. The van der Waals surface area contributed by atoms with Crippen molar-refractivity contribution in [3.8, 4) is 5.69 Å². The molecule has 0 radical (unpaired) electrons. The molecule has 29 heavy (non-hydrogen) atoms. The van der Waals surface area contributed by atoms with Gasteiger partial charge in [-0.25, -0.2) is 0 Å². The second-order valence-corrected chi connectivity index (χ2v) is 7.37. The minimum absolute atomic E-state index is 0.0992. The molecular formula is C24H25N3O2. The molecular weight excluding hydrogens is 362 g/mol. The van der Waals surface area contributed by atoms with E-state index in [0.717, 1.165) is 37.2 Å². The van der Waals surface area contributed by atoms with Crippen LogP contribution in [0.2, 0.25) is 0 Å². The number of rotatable bonds is 5. The number of carbonyl (C=O) groups excluding carboxylic acids is 2. The van der Waals surface area contributed by atoms with Gasteiger partial charge in [0.2, 0.25) is 0 Å². The van der Waals surface area contributed by atoms with Crippen molar-refractivity contribution in [1.82, 2.24) is 14.8 Å². The van der Waals surface area contributed by atoms with Crippen molar-refractivity contribution in [3.05, 3.63) is 89.7 Å². The Morgan fingerprint density at radius 1 is 0.828 bits per heavy atom. The van der Waals surface area contributed by atoms with Crippen LogP contribution in [0.4, 0.5) is 0 Å². The Labute approximate surface area is 171 Å². The maximum Gasteiger partial charge on any atom is 0.253 e. The molecule has 0 atom stereocenters. The van der Waals surface area contributed by atoms with Crippen molar-refractivity contribution in [3.63, 3.8) is 0 Å². The van der Waals surface area contributed by atoms with Crippen LogP contribution in [0.1, 0.15) is 45.5 Å². The molecule has 2 heterocycles. The van der Waals surface area contributed by atoms with E-state index < -0.39 is 0 Å². The second kappa shape index (κ2) is 8.78. The molecule has 1 aromatic heterocycles. The minimum atomic E-state index is -0.118. The average molecular weight is 387 g/mol. The molecule has 0 bridgehead atoms. The number of hydrogen-bond acceptors (Lipinski definition) is 2. The van der Waals surface area contributed by atoms with E-state index in [0.29, 0.717) is 17.7 Å². The summed E-state index contributed by atoms with van der Waals surface area (Å²) in [5.41, 5.74) is 3.24. The smallest absolute Gasteiger partial charge is 0.253 e. The van der Waals surface area contributed by atoms with Crippen molar-refractivity contribution < 1.29 is 9.59 Å². The highest BCUT2D eigenvalue weighted by atomic mass is 16.2. The molecule has 0 aliphatic carbocycles. The van der Waals surface area contributed by atoms with Crippen molar-refractivity contribution >= 4 is 11.8 Å². The van der Waals surface area contributed by atoms with E-state index in [1.807, 2.05) is 82.5 Å². The summed E-state index contributed by atoms with van der Waals surface area (Å²) in [4.78, 5) is 27.0. The summed E-state index contributed by atoms with van der Waals surface area (Å²) in [7, 11) is 0. The highest BCUT2D eigenvalue weighted by Crippen LogP contribution is 2.14. The molecule has 0 spiro atoms. The number of aromatic nitrogens is 1. The zero-order valence-corrected chi connectivity index (χ0v) is 16.4. The number of carbonyl (C=O) groups is 2. The van der Waals surface area contributed by atoms with Crippen LogP contribution in [0.15, 0.2) is 73.1 Å². The molecule has 1 fully saturated rings. The van der Waals surface area contributed by atoms with E-state index in [-0.39, 0.29) is 11.8 Å². The Balaban J connectivity index is 1.36. The van der Waals surface area contributed by atoms with Gasteiger partial charge in [0.15, 0.2) is 0 Å². The normalized spacial score (nSPS) is 13.9. The summed E-state index contributed by atoms with van der Waals surface area (Å²) in [6, 6.07) is 19.0. The summed E-state index contributed by atoms with van der Waals surface area (Å²) >= 11 is 0. The average Bonchev–Trinajstić information content (AvgIpc) is 3.33. The Morgan fingerprint density at radius 3 is 2.28 bits per heavy atom. The molecule has 3 aromatic rings. The summed E-state index contributed by atoms with van der Waals surface area (Å²) < 4.78 is 1.97. The van der Waals surface area contributed by atoms with Crippen LogP contribution >= 0.6 is 0 Å². The lowest BCUT2D eigenvalue weighted by atomic mass is 10.1. The molecule has 1 N–H and O–H groups in total. The first-order chi connectivity index (χ1) is 14.2. The number of nitrogens with one attached hydrogen (secondary N) is 1. The number of nitrogens with zero attached hydrogens (tertiary/aromatic N) is 2. The Morgan fingerprint density at radius 2 is 1.55 bits per heavy atom. The van der Waals surface area contributed by atoms with Gasteiger partial charge in [-0.05, 0) is 67.3 Å². The van der Waals surface area contributed by atoms with E-state index >= 15 is 0 Å².